The van der Waals surface area contributed by atoms with Crippen LogP contribution < -0.4 is 4.57 Å². The van der Waals surface area contributed by atoms with Gasteiger partial charge in [0, 0.05) is 11.5 Å². The number of aromatic nitrogens is 1. The lowest BCUT2D eigenvalue weighted by Gasteiger charge is -2.45. The van der Waals surface area contributed by atoms with Crippen molar-refractivity contribution >= 4 is 21.5 Å². The third kappa shape index (κ3) is 3.94. The Bertz CT molecular complexity index is 1400. The van der Waals surface area contributed by atoms with E-state index in [0.29, 0.717) is 16.7 Å². The van der Waals surface area contributed by atoms with Crippen molar-refractivity contribution in [3.05, 3.63) is 77.0 Å². The van der Waals surface area contributed by atoms with Gasteiger partial charge in [-0.25, -0.2) is 4.57 Å². The highest BCUT2D eigenvalue weighted by Gasteiger charge is 2.39. The van der Waals surface area contributed by atoms with E-state index >= 15 is 0 Å². The van der Waals surface area contributed by atoms with E-state index in [1.165, 1.54) is 74.3 Å². The summed E-state index contributed by atoms with van der Waals surface area (Å²) in [7, 11) is 2.18. The summed E-state index contributed by atoms with van der Waals surface area (Å²) in [6.45, 7) is 16.5. The third-order valence-corrected chi connectivity index (χ3v) is 8.27. The Labute approximate surface area is 205 Å². The number of pyridine rings is 1. The van der Waals surface area contributed by atoms with Crippen molar-refractivity contribution in [2.45, 2.75) is 73.6 Å². The van der Waals surface area contributed by atoms with Crippen LogP contribution in [0.25, 0.3) is 32.8 Å². The molecule has 1 fully saturated rings. The summed E-state index contributed by atoms with van der Waals surface area (Å²) in [5.74, 6) is 0.612. The van der Waals surface area contributed by atoms with Crippen LogP contribution in [0.3, 0.4) is 0 Å². The van der Waals surface area contributed by atoms with Gasteiger partial charge in [0.25, 0.3) is 0 Å². The van der Waals surface area contributed by atoms with E-state index in [4.69, 9.17) is 0 Å². The molecule has 0 aliphatic heterocycles. The Morgan fingerprint density at radius 2 is 1.41 bits per heavy atom. The molecule has 0 saturated heterocycles. The highest BCUT2D eigenvalue weighted by Crippen LogP contribution is 2.52. The van der Waals surface area contributed by atoms with E-state index in [2.05, 4.69) is 115 Å². The summed E-state index contributed by atoms with van der Waals surface area (Å²) in [5.41, 5.74) is 9.01. The molecule has 176 valence electrons. The van der Waals surface area contributed by atoms with E-state index in [0.717, 1.165) is 0 Å². The standard InChI is InChI=1S/C33H40N/c1-21-16-22(2)23(3)30(17-21)31-29-13-12-27-25(24-18-32(4,5)20-33(6,7)19-24)10-9-11-26(27)28(29)14-15-34(31)8/h9-17,24H,18-20H2,1-8H3/q+1. The number of benzene rings is 3. The Hall–Kier alpha value is -2.67. The lowest BCUT2D eigenvalue weighted by Crippen LogP contribution is -2.33. The summed E-state index contributed by atoms with van der Waals surface area (Å²) >= 11 is 0. The quantitative estimate of drug-likeness (QED) is 0.212. The number of hydrogen-bond acceptors (Lipinski definition) is 0. The van der Waals surface area contributed by atoms with Gasteiger partial charge >= 0.3 is 0 Å². The summed E-state index contributed by atoms with van der Waals surface area (Å²) in [4.78, 5) is 0. The van der Waals surface area contributed by atoms with Gasteiger partial charge in [-0.15, -0.1) is 0 Å². The lowest BCUT2D eigenvalue weighted by atomic mass is 9.60. The van der Waals surface area contributed by atoms with Crippen LogP contribution in [0.1, 0.15) is 75.1 Å². The van der Waals surface area contributed by atoms with Crippen LogP contribution in [0.5, 0.6) is 0 Å². The summed E-state index contributed by atoms with van der Waals surface area (Å²) in [5, 5.41) is 5.53. The van der Waals surface area contributed by atoms with Crippen molar-refractivity contribution in [2.75, 3.05) is 0 Å². The van der Waals surface area contributed by atoms with Gasteiger partial charge in [0.1, 0.15) is 7.05 Å². The lowest BCUT2D eigenvalue weighted by molar-refractivity contribution is -0.659. The molecular formula is C33H40N+. The molecule has 3 aromatic carbocycles. The van der Waals surface area contributed by atoms with E-state index < -0.39 is 0 Å². The predicted molar refractivity (Wildman–Crippen MR) is 146 cm³/mol. The van der Waals surface area contributed by atoms with Crippen molar-refractivity contribution in [1.29, 1.82) is 0 Å². The van der Waals surface area contributed by atoms with E-state index in [1.807, 2.05) is 0 Å². The molecule has 1 saturated carbocycles. The number of hydrogen-bond donors (Lipinski definition) is 0. The molecule has 1 aromatic heterocycles. The first-order valence-electron chi connectivity index (χ1n) is 12.9. The SMILES string of the molecule is Cc1cc(C)c(C)c(-c2c3ccc4c(C5CC(C)(C)CC(C)(C)C5)cccc4c3cc[n+]2C)c1. The smallest absolute Gasteiger partial charge is 0.200 e. The van der Waals surface area contributed by atoms with Crippen molar-refractivity contribution in [2.24, 2.45) is 17.9 Å². The third-order valence-electron chi connectivity index (χ3n) is 8.27. The van der Waals surface area contributed by atoms with Gasteiger partial charge in [-0.2, -0.15) is 0 Å². The first kappa shape index (κ1) is 23.1. The van der Waals surface area contributed by atoms with Gasteiger partial charge < -0.3 is 0 Å². The maximum absolute atomic E-state index is 2.46. The normalized spacial score (nSPS) is 18.0. The molecule has 34 heavy (non-hydrogen) atoms. The zero-order valence-electron chi connectivity index (χ0n) is 22.3. The van der Waals surface area contributed by atoms with E-state index in [1.54, 1.807) is 0 Å². The second-order valence-corrected chi connectivity index (χ2v) is 12.6. The minimum absolute atomic E-state index is 0.382. The molecule has 1 heteroatoms. The molecule has 0 unspecified atom stereocenters. The van der Waals surface area contributed by atoms with Crippen LogP contribution in [0.15, 0.2) is 54.7 Å². The fourth-order valence-corrected chi connectivity index (χ4v) is 7.29. The Morgan fingerprint density at radius 3 is 2.12 bits per heavy atom. The van der Waals surface area contributed by atoms with Crippen LogP contribution in [-0.2, 0) is 7.05 Å². The van der Waals surface area contributed by atoms with Crippen LogP contribution in [0.4, 0.5) is 0 Å². The highest BCUT2D eigenvalue weighted by molar-refractivity contribution is 6.11. The van der Waals surface area contributed by atoms with Gasteiger partial charge in [0.2, 0.25) is 5.69 Å². The monoisotopic (exact) mass is 450 g/mol. The first-order chi connectivity index (χ1) is 16.0. The molecule has 0 atom stereocenters. The van der Waals surface area contributed by atoms with E-state index in [9.17, 15) is 0 Å². The molecule has 4 aromatic rings. The maximum Gasteiger partial charge on any atom is 0.220 e. The van der Waals surface area contributed by atoms with Crippen molar-refractivity contribution < 1.29 is 4.57 Å². The Kier molecular flexibility index (Phi) is 5.39. The first-order valence-corrected chi connectivity index (χ1v) is 12.9. The topological polar surface area (TPSA) is 3.88 Å². The van der Waals surface area contributed by atoms with Gasteiger partial charge in [-0.1, -0.05) is 63.6 Å². The molecule has 1 nitrogen and oxygen atoms in total. The second kappa shape index (κ2) is 7.94. The molecule has 0 bridgehead atoms. The van der Waals surface area contributed by atoms with Gasteiger partial charge in [0.15, 0.2) is 6.20 Å². The van der Waals surface area contributed by atoms with Gasteiger partial charge in [0.05, 0.1) is 10.9 Å². The Morgan fingerprint density at radius 1 is 0.765 bits per heavy atom. The molecule has 0 spiro atoms. The van der Waals surface area contributed by atoms with E-state index in [-0.39, 0.29) is 0 Å². The summed E-state index contributed by atoms with van der Waals surface area (Å²) < 4.78 is 2.30. The zero-order chi connectivity index (χ0) is 24.4. The van der Waals surface area contributed by atoms with Crippen LogP contribution in [0.2, 0.25) is 0 Å². The van der Waals surface area contributed by atoms with Crippen LogP contribution in [0, 0.1) is 31.6 Å². The average Bonchev–Trinajstić information content (AvgIpc) is 2.73. The number of rotatable bonds is 2. The van der Waals surface area contributed by atoms with Crippen molar-refractivity contribution in [3.63, 3.8) is 0 Å². The minimum Gasteiger partial charge on any atom is -0.200 e. The summed E-state index contributed by atoms with van der Waals surface area (Å²) in [6.07, 6.45) is 6.09. The maximum atomic E-state index is 2.46. The minimum atomic E-state index is 0.382. The number of fused-ring (bicyclic) bond motifs is 3. The number of aryl methyl sites for hydroxylation is 3. The highest BCUT2D eigenvalue weighted by atomic mass is 14.9. The number of nitrogens with zero attached hydrogens (tertiary/aromatic N) is 1. The average molecular weight is 451 g/mol. The van der Waals surface area contributed by atoms with Crippen molar-refractivity contribution in [3.8, 4) is 11.3 Å². The molecule has 0 amide bonds. The van der Waals surface area contributed by atoms with Gasteiger partial charge in [-0.05, 0) is 96.4 Å². The summed E-state index contributed by atoms with van der Waals surface area (Å²) in [6, 6.07) is 18.8. The molecular weight excluding hydrogens is 410 g/mol. The molecule has 1 aliphatic rings. The molecule has 0 radical (unpaired) electrons. The second-order valence-electron chi connectivity index (χ2n) is 12.6. The Balaban J connectivity index is 1.74. The largest absolute Gasteiger partial charge is 0.220 e. The predicted octanol–water partition coefficient (Wildman–Crippen LogP) is 8.73. The van der Waals surface area contributed by atoms with Crippen LogP contribution in [-0.4, -0.2) is 0 Å². The van der Waals surface area contributed by atoms with Crippen molar-refractivity contribution in [1.82, 2.24) is 0 Å². The molecule has 5 rings (SSSR count). The molecule has 0 N–H and O–H groups in total. The fourth-order valence-electron chi connectivity index (χ4n) is 7.29. The molecule has 1 aliphatic carbocycles. The van der Waals surface area contributed by atoms with Crippen LogP contribution >= 0.6 is 0 Å². The van der Waals surface area contributed by atoms with Gasteiger partial charge in [-0.3, -0.25) is 0 Å². The molecule has 1 heterocycles. The fraction of sp³-hybridized carbons (Fsp3) is 0.424. The zero-order valence-corrected chi connectivity index (χ0v) is 22.3.